The molecule has 6 nitrogen and oxygen atoms in total. The summed E-state index contributed by atoms with van der Waals surface area (Å²) in [6.07, 6.45) is 0. The smallest absolute Gasteiger partial charge is 0.318 e. The molecular weight excluding hydrogens is 184 g/mol. The van der Waals surface area contributed by atoms with E-state index >= 15 is 0 Å². The summed E-state index contributed by atoms with van der Waals surface area (Å²) >= 11 is 0. The highest BCUT2D eigenvalue weighted by atomic mass is 16.5. The van der Waals surface area contributed by atoms with E-state index in [0.717, 1.165) is 13.1 Å². The molecule has 6 heteroatoms. The molecule has 1 saturated heterocycles. The molecule has 1 aliphatic heterocycles. The molecule has 1 unspecified atom stereocenters. The minimum atomic E-state index is -0.211. The Labute approximate surface area is 82.0 Å². The number of morpholine rings is 1. The Kier molecular flexibility index (Phi) is 2.64. The van der Waals surface area contributed by atoms with E-state index in [1.807, 2.05) is 11.8 Å². The molecule has 1 aromatic rings. The second-order valence-electron chi connectivity index (χ2n) is 3.31. The van der Waals surface area contributed by atoms with Crippen LogP contribution in [0.2, 0.25) is 0 Å². The van der Waals surface area contributed by atoms with E-state index in [1.165, 1.54) is 0 Å². The maximum Gasteiger partial charge on any atom is 0.318 e. The van der Waals surface area contributed by atoms with Gasteiger partial charge in [0.05, 0.1) is 19.3 Å². The summed E-state index contributed by atoms with van der Waals surface area (Å²) in [5, 5.41) is 7.80. The molecule has 1 atom stereocenters. The first-order chi connectivity index (χ1) is 6.77. The standard InChI is InChI=1S/C8H14N4O2/c1-6(9)7-10-11-8(14-7)12-2-4-13-5-3-12/h6H,2-5,9H2,1H3. The number of nitrogens with zero attached hydrogens (tertiary/aromatic N) is 3. The van der Waals surface area contributed by atoms with Gasteiger partial charge in [0.2, 0.25) is 5.89 Å². The van der Waals surface area contributed by atoms with Gasteiger partial charge in [0.15, 0.2) is 0 Å². The molecule has 0 amide bonds. The van der Waals surface area contributed by atoms with Gasteiger partial charge in [0, 0.05) is 13.1 Å². The normalized spacial score (nSPS) is 19.7. The van der Waals surface area contributed by atoms with Gasteiger partial charge >= 0.3 is 6.01 Å². The lowest BCUT2D eigenvalue weighted by molar-refractivity contribution is 0.120. The molecule has 0 radical (unpaired) electrons. The number of anilines is 1. The number of aromatic nitrogens is 2. The van der Waals surface area contributed by atoms with Gasteiger partial charge in [-0.25, -0.2) is 0 Å². The van der Waals surface area contributed by atoms with Crippen LogP contribution in [-0.2, 0) is 4.74 Å². The third kappa shape index (κ3) is 1.85. The lowest BCUT2D eigenvalue weighted by Crippen LogP contribution is -2.36. The van der Waals surface area contributed by atoms with Crippen LogP contribution in [0, 0.1) is 0 Å². The predicted molar refractivity (Wildman–Crippen MR) is 49.9 cm³/mol. The maximum absolute atomic E-state index is 5.62. The van der Waals surface area contributed by atoms with Gasteiger partial charge < -0.3 is 19.8 Å². The van der Waals surface area contributed by atoms with Crippen LogP contribution in [0.5, 0.6) is 0 Å². The van der Waals surface area contributed by atoms with Crippen molar-refractivity contribution in [2.24, 2.45) is 5.73 Å². The molecule has 2 heterocycles. The fourth-order valence-corrected chi connectivity index (χ4v) is 1.29. The molecule has 1 fully saturated rings. The number of nitrogens with two attached hydrogens (primary N) is 1. The molecule has 0 aliphatic carbocycles. The van der Waals surface area contributed by atoms with Crippen molar-refractivity contribution in [1.82, 2.24) is 10.2 Å². The maximum atomic E-state index is 5.62. The lowest BCUT2D eigenvalue weighted by atomic mass is 10.4. The van der Waals surface area contributed by atoms with Crippen molar-refractivity contribution < 1.29 is 9.15 Å². The van der Waals surface area contributed by atoms with Gasteiger partial charge in [-0.3, -0.25) is 0 Å². The Hall–Kier alpha value is -1.14. The topological polar surface area (TPSA) is 77.4 Å². The van der Waals surface area contributed by atoms with Crippen LogP contribution in [0.15, 0.2) is 4.42 Å². The van der Waals surface area contributed by atoms with Crippen LogP contribution >= 0.6 is 0 Å². The van der Waals surface area contributed by atoms with Crippen molar-refractivity contribution in [2.45, 2.75) is 13.0 Å². The van der Waals surface area contributed by atoms with Crippen molar-refractivity contribution in [3.63, 3.8) is 0 Å². The molecular formula is C8H14N4O2. The molecule has 0 aromatic carbocycles. The summed E-state index contributed by atoms with van der Waals surface area (Å²) in [6.45, 7) is 4.81. The SMILES string of the molecule is CC(N)c1nnc(N2CCOCC2)o1. The average Bonchev–Trinajstić information content (AvgIpc) is 2.68. The zero-order valence-electron chi connectivity index (χ0n) is 8.14. The summed E-state index contributed by atoms with van der Waals surface area (Å²) < 4.78 is 10.6. The van der Waals surface area contributed by atoms with Gasteiger partial charge in [-0.15, -0.1) is 5.10 Å². The quantitative estimate of drug-likeness (QED) is 0.716. The van der Waals surface area contributed by atoms with E-state index in [4.69, 9.17) is 14.9 Å². The van der Waals surface area contributed by atoms with Crippen molar-refractivity contribution in [3.05, 3.63) is 5.89 Å². The molecule has 2 N–H and O–H groups in total. The zero-order chi connectivity index (χ0) is 9.97. The molecule has 2 rings (SSSR count). The van der Waals surface area contributed by atoms with Crippen molar-refractivity contribution in [1.29, 1.82) is 0 Å². The average molecular weight is 198 g/mol. The fourth-order valence-electron chi connectivity index (χ4n) is 1.29. The van der Waals surface area contributed by atoms with Crippen LogP contribution in [-0.4, -0.2) is 36.5 Å². The summed E-state index contributed by atoms with van der Waals surface area (Å²) in [5.41, 5.74) is 5.62. The van der Waals surface area contributed by atoms with Gasteiger partial charge in [0.25, 0.3) is 0 Å². The number of rotatable bonds is 2. The van der Waals surface area contributed by atoms with Crippen LogP contribution in [0.3, 0.4) is 0 Å². The highest BCUT2D eigenvalue weighted by Gasteiger charge is 2.18. The predicted octanol–water partition coefficient (Wildman–Crippen LogP) is -0.0741. The Morgan fingerprint density at radius 3 is 2.64 bits per heavy atom. The Morgan fingerprint density at radius 1 is 1.36 bits per heavy atom. The second kappa shape index (κ2) is 3.93. The highest BCUT2D eigenvalue weighted by Crippen LogP contribution is 2.16. The Morgan fingerprint density at radius 2 is 2.07 bits per heavy atom. The number of hydrogen-bond donors (Lipinski definition) is 1. The first-order valence-electron chi connectivity index (χ1n) is 4.69. The van der Waals surface area contributed by atoms with E-state index in [2.05, 4.69) is 10.2 Å². The highest BCUT2D eigenvalue weighted by molar-refractivity contribution is 5.24. The summed E-state index contributed by atoms with van der Waals surface area (Å²) in [5.74, 6) is 0.478. The minimum absolute atomic E-state index is 0.211. The van der Waals surface area contributed by atoms with E-state index < -0.39 is 0 Å². The van der Waals surface area contributed by atoms with Gasteiger partial charge in [-0.05, 0) is 6.92 Å². The Balaban J connectivity index is 2.07. The molecule has 0 bridgehead atoms. The fraction of sp³-hybridized carbons (Fsp3) is 0.750. The minimum Gasteiger partial charge on any atom is -0.406 e. The van der Waals surface area contributed by atoms with E-state index in [9.17, 15) is 0 Å². The van der Waals surface area contributed by atoms with Crippen molar-refractivity contribution in [2.75, 3.05) is 31.2 Å². The first kappa shape index (κ1) is 9.42. The third-order valence-electron chi connectivity index (χ3n) is 2.10. The molecule has 1 aliphatic rings. The van der Waals surface area contributed by atoms with Gasteiger partial charge in [-0.2, -0.15) is 0 Å². The first-order valence-corrected chi connectivity index (χ1v) is 4.69. The summed E-state index contributed by atoms with van der Waals surface area (Å²) in [6, 6.07) is 0.331. The largest absolute Gasteiger partial charge is 0.406 e. The third-order valence-corrected chi connectivity index (χ3v) is 2.10. The lowest BCUT2D eigenvalue weighted by Gasteiger charge is -2.24. The van der Waals surface area contributed by atoms with Crippen molar-refractivity contribution in [3.8, 4) is 0 Å². The van der Waals surface area contributed by atoms with Crippen LogP contribution in [0.25, 0.3) is 0 Å². The van der Waals surface area contributed by atoms with E-state index in [1.54, 1.807) is 0 Å². The molecule has 78 valence electrons. The second-order valence-corrected chi connectivity index (χ2v) is 3.31. The van der Waals surface area contributed by atoms with Gasteiger partial charge in [0.1, 0.15) is 0 Å². The van der Waals surface area contributed by atoms with Crippen LogP contribution in [0.1, 0.15) is 18.9 Å². The van der Waals surface area contributed by atoms with Crippen LogP contribution in [0.4, 0.5) is 6.01 Å². The molecule has 1 aromatic heterocycles. The zero-order valence-corrected chi connectivity index (χ0v) is 8.14. The molecule has 0 spiro atoms. The van der Waals surface area contributed by atoms with E-state index in [0.29, 0.717) is 25.1 Å². The Bertz CT molecular complexity index is 293. The van der Waals surface area contributed by atoms with Gasteiger partial charge in [-0.1, -0.05) is 5.10 Å². The summed E-state index contributed by atoms with van der Waals surface area (Å²) in [4.78, 5) is 2.00. The molecule has 14 heavy (non-hydrogen) atoms. The van der Waals surface area contributed by atoms with Crippen molar-refractivity contribution >= 4 is 6.01 Å². The van der Waals surface area contributed by atoms with Crippen LogP contribution < -0.4 is 10.6 Å². The molecule has 0 saturated carbocycles. The summed E-state index contributed by atoms with van der Waals surface area (Å²) in [7, 11) is 0. The number of ether oxygens (including phenoxy) is 1. The number of hydrogen-bond acceptors (Lipinski definition) is 6. The monoisotopic (exact) mass is 198 g/mol. The van der Waals surface area contributed by atoms with E-state index in [-0.39, 0.29) is 6.04 Å².